The summed E-state index contributed by atoms with van der Waals surface area (Å²) >= 11 is 5.76. The van der Waals surface area contributed by atoms with Crippen LogP contribution in [0.3, 0.4) is 0 Å². The summed E-state index contributed by atoms with van der Waals surface area (Å²) in [4.78, 5) is 21.5. The highest BCUT2D eigenvalue weighted by Crippen LogP contribution is 2.11. The van der Waals surface area contributed by atoms with E-state index in [-0.39, 0.29) is 12.0 Å². The molecule has 0 aliphatic heterocycles. The normalized spacial score (nSPS) is 12.7. The highest BCUT2D eigenvalue weighted by Gasteiger charge is 2.20. The van der Waals surface area contributed by atoms with E-state index in [1.807, 2.05) is 27.7 Å². The summed E-state index contributed by atoms with van der Waals surface area (Å²) in [5.41, 5.74) is -0.483. The van der Waals surface area contributed by atoms with Gasteiger partial charge in [-0.15, -0.1) is 0 Å². The van der Waals surface area contributed by atoms with Crippen LogP contribution in [-0.2, 0) is 4.74 Å². The first-order valence-electron chi connectivity index (χ1n) is 6.83. The molecule has 0 aromatic carbocycles. The smallest absolute Gasteiger partial charge is 0.410 e. The molecule has 1 amide bonds. The Labute approximate surface area is 130 Å². The molecule has 1 atom stereocenters. The average molecular weight is 315 g/mol. The number of amides is 1. The summed E-state index contributed by atoms with van der Waals surface area (Å²) in [6, 6.07) is 0. The van der Waals surface area contributed by atoms with Crippen LogP contribution in [0, 0.1) is 5.92 Å². The van der Waals surface area contributed by atoms with Gasteiger partial charge in [-0.25, -0.2) is 9.78 Å². The van der Waals surface area contributed by atoms with E-state index in [0.29, 0.717) is 24.1 Å². The van der Waals surface area contributed by atoms with Crippen LogP contribution in [0.1, 0.15) is 27.7 Å². The number of ether oxygens (including phenoxy) is 1. The minimum absolute atomic E-state index is 0.225. The minimum Gasteiger partial charge on any atom is -0.444 e. The molecule has 0 unspecified atom stereocenters. The molecule has 6 nitrogen and oxygen atoms in total. The van der Waals surface area contributed by atoms with E-state index in [9.17, 15) is 4.79 Å². The van der Waals surface area contributed by atoms with E-state index in [1.54, 1.807) is 18.1 Å². The Kier molecular flexibility index (Phi) is 6.20. The van der Waals surface area contributed by atoms with Gasteiger partial charge < -0.3 is 15.0 Å². The fourth-order valence-electron chi connectivity index (χ4n) is 1.65. The number of halogens is 1. The Morgan fingerprint density at radius 2 is 2.14 bits per heavy atom. The summed E-state index contributed by atoms with van der Waals surface area (Å²) in [7, 11) is 1.73. The Morgan fingerprint density at radius 3 is 2.71 bits per heavy atom. The lowest BCUT2D eigenvalue weighted by Crippen LogP contribution is -2.37. The molecule has 0 saturated carbocycles. The number of nitrogens with zero attached hydrogens (tertiary/aromatic N) is 3. The van der Waals surface area contributed by atoms with Gasteiger partial charge in [0.2, 0.25) is 0 Å². The molecular formula is C14H23ClN4O2. The lowest BCUT2D eigenvalue weighted by molar-refractivity contribution is 0.0279. The molecule has 1 aromatic rings. The Bertz CT molecular complexity index is 476. The summed E-state index contributed by atoms with van der Waals surface area (Å²) in [6.45, 7) is 8.81. The summed E-state index contributed by atoms with van der Waals surface area (Å²) in [6.07, 6.45) is 2.76. The maximum absolute atomic E-state index is 11.9. The van der Waals surface area contributed by atoms with Gasteiger partial charge in [-0.1, -0.05) is 18.5 Å². The van der Waals surface area contributed by atoms with Gasteiger partial charge in [-0.2, -0.15) is 0 Å². The number of nitrogens with one attached hydrogen (secondary N) is 1. The van der Waals surface area contributed by atoms with Crippen molar-refractivity contribution in [2.24, 2.45) is 5.92 Å². The maximum atomic E-state index is 11.9. The highest BCUT2D eigenvalue weighted by molar-refractivity contribution is 6.29. The van der Waals surface area contributed by atoms with Crippen molar-refractivity contribution in [1.82, 2.24) is 14.9 Å². The number of hydrogen-bond acceptors (Lipinski definition) is 5. The molecule has 0 bridgehead atoms. The van der Waals surface area contributed by atoms with Gasteiger partial charge in [0.1, 0.15) is 16.6 Å². The van der Waals surface area contributed by atoms with Crippen molar-refractivity contribution in [2.75, 3.05) is 25.5 Å². The predicted molar refractivity (Wildman–Crippen MR) is 83.6 cm³/mol. The molecule has 0 radical (unpaired) electrons. The van der Waals surface area contributed by atoms with Gasteiger partial charge >= 0.3 is 6.09 Å². The van der Waals surface area contributed by atoms with Gasteiger partial charge in [0.25, 0.3) is 0 Å². The molecule has 118 valence electrons. The summed E-state index contributed by atoms with van der Waals surface area (Å²) in [5, 5.41) is 3.49. The molecule has 1 rings (SSSR count). The first kappa shape index (κ1) is 17.5. The second kappa shape index (κ2) is 7.45. The third-order valence-corrected chi connectivity index (χ3v) is 2.71. The fraction of sp³-hybridized carbons (Fsp3) is 0.643. The van der Waals surface area contributed by atoms with Crippen molar-refractivity contribution in [3.63, 3.8) is 0 Å². The molecule has 1 N–H and O–H groups in total. The van der Waals surface area contributed by atoms with Crippen LogP contribution < -0.4 is 5.32 Å². The van der Waals surface area contributed by atoms with Crippen LogP contribution in [0.4, 0.5) is 10.6 Å². The van der Waals surface area contributed by atoms with Gasteiger partial charge in [0, 0.05) is 20.1 Å². The molecular weight excluding hydrogens is 292 g/mol. The fourth-order valence-corrected chi connectivity index (χ4v) is 1.80. The second-order valence-electron chi connectivity index (χ2n) is 6.07. The van der Waals surface area contributed by atoms with Crippen molar-refractivity contribution < 1.29 is 9.53 Å². The Hall–Kier alpha value is -1.56. The van der Waals surface area contributed by atoms with Crippen molar-refractivity contribution in [2.45, 2.75) is 33.3 Å². The lowest BCUT2D eigenvalue weighted by atomic mass is 10.1. The molecule has 0 fully saturated rings. The predicted octanol–water partition coefficient (Wildman–Crippen LogP) is 3.04. The molecule has 0 spiro atoms. The van der Waals surface area contributed by atoms with Crippen LogP contribution in [0.25, 0.3) is 0 Å². The third kappa shape index (κ3) is 7.13. The van der Waals surface area contributed by atoms with Crippen LogP contribution in [0.5, 0.6) is 0 Å². The van der Waals surface area contributed by atoms with Gasteiger partial charge in [-0.05, 0) is 26.7 Å². The molecule has 21 heavy (non-hydrogen) atoms. The highest BCUT2D eigenvalue weighted by atomic mass is 35.5. The maximum Gasteiger partial charge on any atom is 0.410 e. The van der Waals surface area contributed by atoms with E-state index in [2.05, 4.69) is 15.3 Å². The third-order valence-electron chi connectivity index (χ3n) is 2.53. The number of anilines is 1. The molecule has 0 saturated heterocycles. The first-order chi connectivity index (χ1) is 9.67. The standard InChI is InChI=1S/C14H23ClN4O2/c1-10(6-17-12-8-16-7-11(15)18-12)9-19(5)13(20)21-14(2,3)4/h7-8,10H,6,9H2,1-5H3,(H,17,18)/t10-/m1/s1. The van der Waals surface area contributed by atoms with E-state index in [0.717, 1.165) is 0 Å². The number of carbonyl (C=O) groups excluding carboxylic acids is 1. The van der Waals surface area contributed by atoms with Crippen LogP contribution in [-0.4, -0.2) is 46.7 Å². The second-order valence-corrected chi connectivity index (χ2v) is 6.46. The first-order valence-corrected chi connectivity index (χ1v) is 7.20. The van der Waals surface area contributed by atoms with Crippen LogP contribution in [0.2, 0.25) is 5.15 Å². The van der Waals surface area contributed by atoms with E-state index >= 15 is 0 Å². The van der Waals surface area contributed by atoms with Crippen molar-refractivity contribution in [1.29, 1.82) is 0 Å². The van der Waals surface area contributed by atoms with Gasteiger partial charge in [-0.3, -0.25) is 4.98 Å². The quantitative estimate of drug-likeness (QED) is 0.904. The number of aromatic nitrogens is 2. The average Bonchev–Trinajstić information content (AvgIpc) is 2.34. The zero-order valence-electron chi connectivity index (χ0n) is 13.2. The minimum atomic E-state index is -0.483. The molecule has 1 heterocycles. The number of carbonyl (C=O) groups is 1. The molecule has 7 heteroatoms. The molecule has 1 aromatic heterocycles. The van der Waals surface area contributed by atoms with Crippen LogP contribution >= 0.6 is 11.6 Å². The zero-order valence-corrected chi connectivity index (χ0v) is 13.9. The SMILES string of the molecule is C[C@H](CNc1cncc(Cl)n1)CN(C)C(=O)OC(C)(C)C. The Balaban J connectivity index is 2.39. The van der Waals surface area contributed by atoms with Crippen molar-refractivity contribution in [3.05, 3.63) is 17.5 Å². The molecule has 0 aliphatic rings. The number of rotatable bonds is 5. The largest absolute Gasteiger partial charge is 0.444 e. The summed E-state index contributed by atoms with van der Waals surface area (Å²) in [5.74, 6) is 0.845. The van der Waals surface area contributed by atoms with Crippen molar-refractivity contribution >= 4 is 23.5 Å². The zero-order chi connectivity index (χ0) is 16.0. The molecule has 0 aliphatic carbocycles. The Morgan fingerprint density at radius 1 is 1.48 bits per heavy atom. The van der Waals surface area contributed by atoms with Crippen LogP contribution in [0.15, 0.2) is 12.4 Å². The summed E-state index contributed by atoms with van der Waals surface area (Å²) < 4.78 is 5.31. The van der Waals surface area contributed by atoms with E-state index in [4.69, 9.17) is 16.3 Å². The van der Waals surface area contributed by atoms with E-state index in [1.165, 1.54) is 6.20 Å². The van der Waals surface area contributed by atoms with E-state index < -0.39 is 5.60 Å². The van der Waals surface area contributed by atoms with Gasteiger partial charge in [0.05, 0.1) is 12.4 Å². The van der Waals surface area contributed by atoms with Crippen molar-refractivity contribution in [3.8, 4) is 0 Å². The van der Waals surface area contributed by atoms with Gasteiger partial charge in [0.15, 0.2) is 0 Å². The topological polar surface area (TPSA) is 67.4 Å². The number of hydrogen-bond donors (Lipinski definition) is 1. The monoisotopic (exact) mass is 314 g/mol. The lowest BCUT2D eigenvalue weighted by Gasteiger charge is -2.26.